The van der Waals surface area contributed by atoms with Gasteiger partial charge in [0, 0.05) is 12.5 Å². The van der Waals surface area contributed by atoms with Crippen LogP contribution in [0, 0.1) is 5.92 Å². The summed E-state index contributed by atoms with van der Waals surface area (Å²) in [5.74, 6) is 3.27. The van der Waals surface area contributed by atoms with E-state index >= 15 is 0 Å². The number of ether oxygens (including phenoxy) is 1. The molecule has 0 bridgehead atoms. The number of hydrogen-bond acceptors (Lipinski definition) is 2. The first-order valence-electron chi connectivity index (χ1n) is 7.34. The molecule has 0 amide bonds. The molecule has 1 unspecified atom stereocenters. The zero-order valence-electron chi connectivity index (χ0n) is 12.9. The molecule has 1 radical (unpaired) electrons. The normalized spacial score (nSPS) is 17.6. The lowest BCUT2D eigenvalue weighted by atomic mass is 9.76. The van der Waals surface area contributed by atoms with Crippen LogP contribution in [-0.4, -0.2) is 32.6 Å². The molecular weight excluding hydrogens is 270 g/mol. The van der Waals surface area contributed by atoms with Gasteiger partial charge < -0.3 is 9.64 Å². The van der Waals surface area contributed by atoms with Crippen LogP contribution in [0.2, 0.25) is 0 Å². The van der Waals surface area contributed by atoms with Gasteiger partial charge >= 0.3 is 0 Å². The van der Waals surface area contributed by atoms with Gasteiger partial charge in [0.25, 0.3) is 0 Å². The Bertz CT molecular complexity index is 371. The zero-order chi connectivity index (χ0) is 13.7. The lowest BCUT2D eigenvalue weighted by Gasteiger charge is -2.32. The third kappa shape index (κ3) is 4.68. The molecule has 0 aromatic heterocycles. The van der Waals surface area contributed by atoms with Crippen LogP contribution < -0.4 is 4.74 Å². The summed E-state index contributed by atoms with van der Waals surface area (Å²) in [6.07, 6.45) is 6.76. The third-order valence-corrected chi connectivity index (χ3v) is 4.05. The second-order valence-corrected chi connectivity index (χ2v) is 5.81. The summed E-state index contributed by atoms with van der Waals surface area (Å²) in [5.41, 5.74) is 1.44. The maximum atomic E-state index is 5.26. The van der Waals surface area contributed by atoms with E-state index in [0.717, 1.165) is 12.3 Å². The fourth-order valence-electron chi connectivity index (χ4n) is 3.03. The van der Waals surface area contributed by atoms with Crippen molar-refractivity contribution in [1.29, 1.82) is 0 Å². The van der Waals surface area contributed by atoms with Crippen LogP contribution in [0.3, 0.4) is 0 Å². The number of hydrogen-bond donors (Lipinski definition) is 0. The minimum atomic E-state index is 0. The number of methoxy groups -OCH3 is 1. The molecule has 20 heavy (non-hydrogen) atoms. The second-order valence-electron chi connectivity index (χ2n) is 5.81. The molecule has 0 spiro atoms. The zero-order valence-corrected chi connectivity index (χ0v) is 13.7. The topological polar surface area (TPSA) is 12.5 Å². The molecule has 113 valence electrons. The van der Waals surface area contributed by atoms with E-state index in [0.29, 0.717) is 5.92 Å². The Hall–Kier alpha value is -0.730. The molecular formula is C17H27ClNO. The summed E-state index contributed by atoms with van der Waals surface area (Å²) >= 11 is 0. The fraction of sp³-hybridized carbons (Fsp3) is 0.588. The molecule has 0 heterocycles. The predicted molar refractivity (Wildman–Crippen MR) is 87.9 cm³/mol. The molecule has 1 aromatic rings. The number of halogens is 1. The molecule has 0 N–H and O–H groups in total. The Morgan fingerprint density at radius 3 is 2.15 bits per heavy atom. The first-order valence-corrected chi connectivity index (χ1v) is 7.34. The van der Waals surface area contributed by atoms with Crippen molar-refractivity contribution in [3.05, 3.63) is 35.7 Å². The molecule has 1 saturated carbocycles. The highest BCUT2D eigenvalue weighted by molar-refractivity contribution is 5.85. The molecule has 2 nitrogen and oxygen atoms in total. The van der Waals surface area contributed by atoms with Crippen molar-refractivity contribution in [3.63, 3.8) is 0 Å². The van der Waals surface area contributed by atoms with Crippen molar-refractivity contribution >= 4 is 12.4 Å². The van der Waals surface area contributed by atoms with Crippen LogP contribution in [0.25, 0.3) is 0 Å². The predicted octanol–water partition coefficient (Wildman–Crippen LogP) is 4.30. The monoisotopic (exact) mass is 296 g/mol. The Balaban J connectivity index is 0.00000200. The van der Waals surface area contributed by atoms with Crippen LogP contribution in [0.1, 0.15) is 43.6 Å². The van der Waals surface area contributed by atoms with Crippen LogP contribution >= 0.6 is 12.4 Å². The smallest absolute Gasteiger partial charge is 0.118 e. The van der Waals surface area contributed by atoms with Crippen molar-refractivity contribution < 1.29 is 4.74 Å². The summed E-state index contributed by atoms with van der Waals surface area (Å²) in [5, 5.41) is 0. The van der Waals surface area contributed by atoms with Crippen LogP contribution in [0.5, 0.6) is 5.75 Å². The molecule has 1 aromatic carbocycles. The summed E-state index contributed by atoms with van der Waals surface area (Å²) in [7, 11) is 6.06. The van der Waals surface area contributed by atoms with Gasteiger partial charge in [-0.2, -0.15) is 0 Å². The highest BCUT2D eigenvalue weighted by atomic mass is 35.5. The number of rotatable bonds is 5. The van der Waals surface area contributed by atoms with E-state index in [2.05, 4.69) is 43.3 Å². The highest BCUT2D eigenvalue weighted by Crippen LogP contribution is 2.38. The molecule has 3 heteroatoms. The van der Waals surface area contributed by atoms with E-state index in [9.17, 15) is 0 Å². The lowest BCUT2D eigenvalue weighted by Crippen LogP contribution is -2.26. The summed E-state index contributed by atoms with van der Waals surface area (Å²) in [6, 6.07) is 8.63. The average Bonchev–Trinajstić information content (AvgIpc) is 2.46. The van der Waals surface area contributed by atoms with Gasteiger partial charge in [-0.25, -0.2) is 0 Å². The van der Waals surface area contributed by atoms with Crippen molar-refractivity contribution in [2.24, 2.45) is 0 Å². The maximum Gasteiger partial charge on any atom is 0.118 e. The van der Waals surface area contributed by atoms with Gasteiger partial charge in [0.15, 0.2) is 0 Å². The van der Waals surface area contributed by atoms with Crippen LogP contribution in [0.4, 0.5) is 0 Å². The third-order valence-electron chi connectivity index (χ3n) is 4.05. The van der Waals surface area contributed by atoms with E-state index in [4.69, 9.17) is 4.74 Å². The quantitative estimate of drug-likeness (QED) is 0.803. The van der Waals surface area contributed by atoms with E-state index in [-0.39, 0.29) is 12.4 Å². The summed E-state index contributed by atoms with van der Waals surface area (Å²) in [4.78, 5) is 2.30. The first-order chi connectivity index (χ1) is 9.20. The van der Waals surface area contributed by atoms with E-state index in [1.807, 2.05) is 0 Å². The molecule has 1 atom stereocenters. The minimum Gasteiger partial charge on any atom is -0.497 e. The lowest BCUT2D eigenvalue weighted by molar-refractivity contribution is 0.351. The van der Waals surface area contributed by atoms with Gasteiger partial charge in [0.2, 0.25) is 0 Å². The molecule has 0 saturated heterocycles. The van der Waals surface area contributed by atoms with Gasteiger partial charge in [-0.05, 0) is 50.6 Å². The van der Waals surface area contributed by atoms with Crippen LogP contribution in [0.15, 0.2) is 24.3 Å². The second kappa shape index (κ2) is 8.53. The fourth-order valence-corrected chi connectivity index (χ4v) is 3.03. The molecule has 1 fully saturated rings. The standard InChI is InChI=1S/C17H26NO.ClH/c1-18(2)13-17(14-7-5-4-6-8-14)15-9-11-16(19-3)12-10-15;/h9-12,17H,4-8,13H2,1-3H3;1H. The summed E-state index contributed by atoms with van der Waals surface area (Å²) < 4.78 is 5.26. The number of nitrogens with zero attached hydrogens (tertiary/aromatic N) is 1. The molecule has 1 aliphatic carbocycles. The largest absolute Gasteiger partial charge is 0.497 e. The van der Waals surface area contributed by atoms with Crippen LogP contribution in [-0.2, 0) is 0 Å². The number of likely N-dealkylation sites (N-methyl/N-ethyl adjacent to an activating group) is 1. The van der Waals surface area contributed by atoms with E-state index in [1.165, 1.54) is 37.7 Å². The van der Waals surface area contributed by atoms with Crippen molar-refractivity contribution in [2.75, 3.05) is 27.7 Å². The summed E-state index contributed by atoms with van der Waals surface area (Å²) in [6.45, 7) is 1.11. The maximum absolute atomic E-state index is 5.26. The Morgan fingerprint density at radius 1 is 1.05 bits per heavy atom. The van der Waals surface area contributed by atoms with Crippen molar-refractivity contribution in [3.8, 4) is 5.75 Å². The molecule has 2 rings (SSSR count). The average molecular weight is 297 g/mol. The Kier molecular flexibility index (Phi) is 7.39. The van der Waals surface area contributed by atoms with Gasteiger partial charge in [-0.3, -0.25) is 0 Å². The number of benzene rings is 1. The minimum absolute atomic E-state index is 0. The highest BCUT2D eigenvalue weighted by Gasteiger charge is 2.26. The van der Waals surface area contributed by atoms with Gasteiger partial charge in [-0.15, -0.1) is 12.4 Å². The Morgan fingerprint density at radius 2 is 1.65 bits per heavy atom. The molecule has 1 aliphatic rings. The van der Waals surface area contributed by atoms with Gasteiger partial charge in [-0.1, -0.05) is 31.4 Å². The van der Waals surface area contributed by atoms with Crippen molar-refractivity contribution in [2.45, 2.75) is 38.0 Å². The van der Waals surface area contributed by atoms with E-state index < -0.39 is 0 Å². The van der Waals surface area contributed by atoms with Crippen molar-refractivity contribution in [1.82, 2.24) is 4.90 Å². The Labute approximate surface area is 129 Å². The van der Waals surface area contributed by atoms with Gasteiger partial charge in [0.05, 0.1) is 7.11 Å². The molecule has 0 aliphatic heterocycles. The van der Waals surface area contributed by atoms with Gasteiger partial charge in [0.1, 0.15) is 5.75 Å². The SMILES string of the molecule is COc1ccc(C(CN(C)C)[C]2CCCCC2)cc1.Cl. The first kappa shape index (κ1) is 17.3. The van der Waals surface area contributed by atoms with E-state index in [1.54, 1.807) is 13.0 Å².